The van der Waals surface area contributed by atoms with Gasteiger partial charge in [0.25, 0.3) is 0 Å². The summed E-state index contributed by atoms with van der Waals surface area (Å²) in [6, 6.07) is 2.98. The number of nitrogens with one attached hydrogen (secondary N) is 2. The highest BCUT2D eigenvalue weighted by molar-refractivity contribution is 5.88. The van der Waals surface area contributed by atoms with E-state index in [-0.39, 0.29) is 17.8 Å². The van der Waals surface area contributed by atoms with Crippen LogP contribution in [0, 0.1) is 0 Å². The molecule has 2 rings (SSSR count). The van der Waals surface area contributed by atoms with E-state index in [9.17, 15) is 13.6 Å². The zero-order valence-corrected chi connectivity index (χ0v) is 14.3. The first-order valence-electron chi connectivity index (χ1n) is 7.58. The Labute approximate surface area is 143 Å². The molecule has 25 heavy (non-hydrogen) atoms. The van der Waals surface area contributed by atoms with Gasteiger partial charge in [0.2, 0.25) is 11.7 Å². The molecular formula is C16H19F2N5O2. The molecule has 0 aliphatic heterocycles. The van der Waals surface area contributed by atoms with Gasteiger partial charge in [0.1, 0.15) is 11.6 Å². The summed E-state index contributed by atoms with van der Waals surface area (Å²) in [5.41, 5.74) is 0.427. The van der Waals surface area contributed by atoms with Crippen LogP contribution in [0.1, 0.15) is 33.5 Å². The number of carbonyl (C=O) groups is 1. The molecule has 7 nitrogen and oxygen atoms in total. The molecule has 2 aromatic heterocycles. The minimum Gasteiger partial charge on any atom is -0.487 e. The zero-order valence-electron chi connectivity index (χ0n) is 14.3. The van der Waals surface area contributed by atoms with Crippen LogP contribution in [0.4, 0.5) is 26.1 Å². The summed E-state index contributed by atoms with van der Waals surface area (Å²) in [5, 5.41) is 5.45. The maximum absolute atomic E-state index is 13.4. The van der Waals surface area contributed by atoms with Crippen molar-refractivity contribution < 1.29 is 18.3 Å². The number of ether oxygens (including phenoxy) is 1. The normalized spacial score (nSPS) is 11.3. The number of rotatable bonds is 6. The third-order valence-electron chi connectivity index (χ3n) is 2.85. The Kier molecular flexibility index (Phi) is 5.45. The number of amides is 1. The molecule has 0 saturated heterocycles. The Morgan fingerprint density at radius 2 is 2.00 bits per heavy atom. The fraction of sp³-hybridized carbons (Fsp3) is 0.375. The number of pyridine rings is 1. The molecule has 0 fully saturated rings. The van der Waals surface area contributed by atoms with Crippen LogP contribution < -0.4 is 15.4 Å². The van der Waals surface area contributed by atoms with E-state index < -0.39 is 11.7 Å². The first-order chi connectivity index (χ1) is 11.6. The summed E-state index contributed by atoms with van der Waals surface area (Å²) >= 11 is 0. The Balaban J connectivity index is 2.36. The fourth-order valence-corrected chi connectivity index (χ4v) is 1.91. The smallest absolute Gasteiger partial charge is 0.303 e. The Bertz CT molecular complexity index is 762. The summed E-state index contributed by atoms with van der Waals surface area (Å²) in [6.07, 6.45) is 2.54. The number of alkyl halides is 2. The predicted molar refractivity (Wildman–Crippen MR) is 89.2 cm³/mol. The number of nitrogens with zero attached hydrogens (tertiary/aromatic N) is 3. The van der Waals surface area contributed by atoms with Gasteiger partial charge in [-0.1, -0.05) is 0 Å². The lowest BCUT2D eigenvalue weighted by Crippen LogP contribution is -2.14. The van der Waals surface area contributed by atoms with Crippen LogP contribution in [0.2, 0.25) is 0 Å². The topological polar surface area (TPSA) is 89.0 Å². The lowest BCUT2D eigenvalue weighted by Gasteiger charge is -2.16. The molecule has 0 aliphatic rings. The number of carbonyl (C=O) groups excluding carboxylic acids is 1. The molecular weight excluding hydrogens is 332 g/mol. The second kappa shape index (κ2) is 7.37. The average Bonchev–Trinajstić information content (AvgIpc) is 2.48. The molecule has 9 heteroatoms. The zero-order chi connectivity index (χ0) is 18.6. The van der Waals surface area contributed by atoms with Gasteiger partial charge in [-0.15, -0.1) is 0 Å². The molecule has 2 heterocycles. The molecule has 1 amide bonds. The van der Waals surface area contributed by atoms with E-state index in [2.05, 4.69) is 25.6 Å². The third-order valence-corrected chi connectivity index (χ3v) is 2.85. The maximum atomic E-state index is 13.4. The van der Waals surface area contributed by atoms with Gasteiger partial charge >= 0.3 is 5.92 Å². The van der Waals surface area contributed by atoms with Crippen LogP contribution in [-0.4, -0.2) is 27.0 Å². The van der Waals surface area contributed by atoms with Gasteiger partial charge in [-0.05, 0) is 19.9 Å². The Morgan fingerprint density at radius 3 is 2.60 bits per heavy atom. The van der Waals surface area contributed by atoms with E-state index in [1.165, 1.54) is 31.5 Å². The number of halogens is 2. The van der Waals surface area contributed by atoms with Crippen molar-refractivity contribution in [1.82, 2.24) is 15.0 Å². The minimum absolute atomic E-state index is 0.130. The summed E-state index contributed by atoms with van der Waals surface area (Å²) < 4.78 is 32.4. The molecule has 0 radical (unpaired) electrons. The first-order valence-corrected chi connectivity index (χ1v) is 7.58. The number of hydrogen-bond acceptors (Lipinski definition) is 6. The van der Waals surface area contributed by atoms with Gasteiger partial charge in [0.15, 0.2) is 5.75 Å². The van der Waals surface area contributed by atoms with Crippen molar-refractivity contribution in [3.63, 3.8) is 0 Å². The molecule has 0 aromatic carbocycles. The molecule has 2 N–H and O–H groups in total. The van der Waals surface area contributed by atoms with E-state index in [0.29, 0.717) is 17.3 Å². The Morgan fingerprint density at radius 1 is 1.28 bits per heavy atom. The monoisotopic (exact) mass is 351 g/mol. The van der Waals surface area contributed by atoms with E-state index in [4.69, 9.17) is 4.74 Å². The van der Waals surface area contributed by atoms with Crippen molar-refractivity contribution in [2.24, 2.45) is 0 Å². The first kappa shape index (κ1) is 18.5. The molecule has 0 unspecified atom stereocenters. The van der Waals surface area contributed by atoms with E-state index in [1.54, 1.807) is 0 Å². The Hall–Kier alpha value is -2.84. The van der Waals surface area contributed by atoms with E-state index in [0.717, 1.165) is 6.92 Å². The maximum Gasteiger partial charge on any atom is 0.303 e. The van der Waals surface area contributed by atoms with Gasteiger partial charge in [-0.3, -0.25) is 4.79 Å². The second-order valence-corrected chi connectivity index (χ2v) is 5.69. The van der Waals surface area contributed by atoms with Crippen molar-refractivity contribution in [2.45, 2.75) is 39.7 Å². The van der Waals surface area contributed by atoms with Gasteiger partial charge in [0, 0.05) is 26.1 Å². The van der Waals surface area contributed by atoms with Crippen LogP contribution >= 0.6 is 0 Å². The highest BCUT2D eigenvalue weighted by atomic mass is 19.3. The van der Waals surface area contributed by atoms with Crippen LogP contribution in [0.5, 0.6) is 5.75 Å². The van der Waals surface area contributed by atoms with Crippen molar-refractivity contribution in [3.05, 3.63) is 30.4 Å². The number of hydrogen-bond donors (Lipinski definition) is 2. The van der Waals surface area contributed by atoms with Crippen molar-refractivity contribution in [1.29, 1.82) is 0 Å². The third kappa shape index (κ3) is 5.33. The van der Waals surface area contributed by atoms with Gasteiger partial charge < -0.3 is 15.4 Å². The quantitative estimate of drug-likeness (QED) is 0.828. The van der Waals surface area contributed by atoms with Crippen molar-refractivity contribution in [2.75, 3.05) is 10.6 Å². The molecule has 0 spiro atoms. The summed E-state index contributed by atoms with van der Waals surface area (Å²) in [6.45, 7) is 5.76. The van der Waals surface area contributed by atoms with Gasteiger partial charge in [-0.25, -0.2) is 15.0 Å². The molecule has 0 atom stereocenters. The average molecular weight is 351 g/mol. The molecule has 0 saturated carbocycles. The standard InChI is InChI=1S/C16H19F2N5O2/c1-9(2)25-12-8-20-14(21-10(3)24)7-11(12)22-13-5-6-19-15(23-13)16(4,17)18/h5-9H,1-4H3,(H2,19,20,21,22,23,24). The summed E-state index contributed by atoms with van der Waals surface area (Å²) in [4.78, 5) is 22.7. The van der Waals surface area contributed by atoms with Crippen LogP contribution in [0.15, 0.2) is 24.5 Å². The highest BCUT2D eigenvalue weighted by Gasteiger charge is 2.28. The summed E-state index contributed by atoms with van der Waals surface area (Å²) in [7, 11) is 0. The number of aromatic nitrogens is 3. The highest BCUT2D eigenvalue weighted by Crippen LogP contribution is 2.30. The van der Waals surface area contributed by atoms with Crippen LogP contribution in [-0.2, 0) is 10.7 Å². The lowest BCUT2D eigenvalue weighted by molar-refractivity contribution is -0.114. The lowest BCUT2D eigenvalue weighted by atomic mass is 10.3. The largest absolute Gasteiger partial charge is 0.487 e. The fourth-order valence-electron chi connectivity index (χ4n) is 1.91. The van der Waals surface area contributed by atoms with Crippen LogP contribution in [0.3, 0.4) is 0 Å². The van der Waals surface area contributed by atoms with Gasteiger partial charge in [0.05, 0.1) is 18.0 Å². The van der Waals surface area contributed by atoms with Crippen molar-refractivity contribution in [3.8, 4) is 5.75 Å². The molecule has 2 aromatic rings. The van der Waals surface area contributed by atoms with E-state index in [1.807, 2.05) is 13.8 Å². The molecule has 134 valence electrons. The number of anilines is 3. The molecule has 0 aliphatic carbocycles. The minimum atomic E-state index is -3.16. The predicted octanol–water partition coefficient (Wildman–Crippen LogP) is 3.47. The van der Waals surface area contributed by atoms with E-state index >= 15 is 0 Å². The van der Waals surface area contributed by atoms with Crippen molar-refractivity contribution >= 4 is 23.2 Å². The summed E-state index contributed by atoms with van der Waals surface area (Å²) in [5.74, 6) is -3.19. The second-order valence-electron chi connectivity index (χ2n) is 5.69. The van der Waals surface area contributed by atoms with Gasteiger partial charge in [-0.2, -0.15) is 8.78 Å². The van der Waals surface area contributed by atoms with Crippen LogP contribution in [0.25, 0.3) is 0 Å². The SMILES string of the molecule is CC(=O)Nc1cc(Nc2ccnc(C(C)(F)F)n2)c(OC(C)C)cn1. The molecule has 0 bridgehead atoms.